The van der Waals surface area contributed by atoms with Gasteiger partial charge in [0.2, 0.25) is 6.10 Å². The minimum absolute atomic E-state index is 0.189. The summed E-state index contributed by atoms with van der Waals surface area (Å²) in [5.41, 5.74) is 0.639. The molecule has 0 bridgehead atoms. The number of hydrogen-bond acceptors (Lipinski definition) is 4. The molecule has 0 aliphatic rings. The largest absolute Gasteiger partial charge is 0.443 e. The van der Waals surface area contributed by atoms with Gasteiger partial charge in [0.1, 0.15) is 0 Å². The smallest absolute Gasteiger partial charge is 0.304 e. The van der Waals surface area contributed by atoms with Crippen molar-refractivity contribution in [2.45, 2.75) is 58.4 Å². The highest BCUT2D eigenvalue weighted by Gasteiger charge is 2.36. The van der Waals surface area contributed by atoms with Gasteiger partial charge < -0.3 is 9.16 Å². The lowest BCUT2D eigenvalue weighted by Gasteiger charge is -2.35. The van der Waals surface area contributed by atoms with Crippen molar-refractivity contribution in [3.63, 3.8) is 0 Å². The summed E-state index contributed by atoms with van der Waals surface area (Å²) in [5.74, 6) is 5.65. The molecule has 0 radical (unpaired) electrons. The van der Waals surface area contributed by atoms with Crippen molar-refractivity contribution in [3.8, 4) is 11.8 Å². The van der Waals surface area contributed by atoms with Gasteiger partial charge in [0, 0.05) is 26.1 Å². The number of rotatable bonds is 5. The summed E-state index contributed by atoms with van der Waals surface area (Å²) in [7, 11) is -1.74. The fourth-order valence-electron chi connectivity index (χ4n) is 1.60. The van der Waals surface area contributed by atoms with E-state index >= 15 is 0 Å². The number of carbonyl (C=O) groups is 1. The maximum atomic E-state index is 11.2. The maximum absolute atomic E-state index is 11.2. The summed E-state index contributed by atoms with van der Waals surface area (Å²) in [6.07, 6.45) is 1.65. The van der Waals surface area contributed by atoms with E-state index < -0.39 is 14.4 Å². The van der Waals surface area contributed by atoms with Gasteiger partial charge in [-0.15, -0.1) is 0 Å². The van der Waals surface area contributed by atoms with Crippen LogP contribution in [0.4, 0.5) is 0 Å². The molecule has 0 N–H and O–H groups in total. The third-order valence-electron chi connectivity index (χ3n) is 3.97. The van der Waals surface area contributed by atoms with Crippen LogP contribution in [0.5, 0.6) is 0 Å². The first-order valence-corrected chi connectivity index (χ1v) is 10.7. The Morgan fingerprint density at radius 2 is 2.04 bits per heavy atom. The molecule has 1 heterocycles. The molecule has 0 saturated carbocycles. The lowest BCUT2D eigenvalue weighted by atomic mass is 10.2. The van der Waals surface area contributed by atoms with Crippen LogP contribution in [-0.4, -0.2) is 25.9 Å². The van der Waals surface area contributed by atoms with E-state index in [0.717, 1.165) is 0 Å². The number of nitrogens with zero attached hydrogens (tertiary/aromatic N) is 1. The molecule has 1 rings (SSSR count). The van der Waals surface area contributed by atoms with E-state index in [-0.39, 0.29) is 11.0 Å². The van der Waals surface area contributed by atoms with Crippen molar-refractivity contribution >= 4 is 14.3 Å². The molecular weight excluding hydrogens is 306 g/mol. The third-order valence-corrected chi connectivity index (χ3v) is 8.51. The van der Waals surface area contributed by atoms with Crippen LogP contribution < -0.4 is 0 Å². The Balaban J connectivity index is 2.62. The second-order valence-corrected chi connectivity index (χ2v) is 11.7. The second kappa shape index (κ2) is 8.28. The van der Waals surface area contributed by atoms with E-state index in [1.54, 1.807) is 12.3 Å². The highest BCUT2D eigenvalue weighted by molar-refractivity contribution is 6.74. The molecule has 1 aromatic heterocycles. The van der Waals surface area contributed by atoms with Crippen LogP contribution in [-0.2, 0) is 14.0 Å². The first kappa shape index (κ1) is 19.4. The Morgan fingerprint density at radius 3 is 2.57 bits per heavy atom. The van der Waals surface area contributed by atoms with Crippen LogP contribution >= 0.6 is 0 Å². The van der Waals surface area contributed by atoms with E-state index in [0.29, 0.717) is 18.7 Å². The Morgan fingerprint density at radius 1 is 1.35 bits per heavy atom. The molecule has 0 spiro atoms. The Bertz CT molecular complexity index is 567. The molecule has 0 aliphatic heterocycles. The summed E-state index contributed by atoms with van der Waals surface area (Å²) in [4.78, 5) is 15.4. The van der Waals surface area contributed by atoms with Crippen LogP contribution in [0.2, 0.25) is 18.1 Å². The molecule has 23 heavy (non-hydrogen) atoms. The van der Waals surface area contributed by atoms with Crippen LogP contribution in [0.1, 0.15) is 45.9 Å². The third kappa shape index (κ3) is 6.55. The average Bonchev–Trinajstić information content (AvgIpc) is 2.45. The number of ether oxygens (including phenoxy) is 1. The van der Waals surface area contributed by atoms with Crippen LogP contribution in [0.15, 0.2) is 24.4 Å². The molecule has 0 fully saturated rings. The normalized spacial score (nSPS) is 13.0. The Labute approximate surface area is 140 Å². The predicted molar refractivity (Wildman–Crippen MR) is 94.3 cm³/mol. The summed E-state index contributed by atoms with van der Waals surface area (Å²) in [6.45, 7) is 13.0. The van der Waals surface area contributed by atoms with Crippen molar-refractivity contribution in [2.75, 3.05) is 6.61 Å². The minimum atomic E-state index is -1.74. The molecule has 0 aliphatic carbocycles. The molecule has 1 atom stereocenters. The average molecular weight is 334 g/mol. The molecule has 5 heteroatoms. The van der Waals surface area contributed by atoms with Gasteiger partial charge >= 0.3 is 5.97 Å². The molecule has 4 nitrogen and oxygen atoms in total. The molecular formula is C18H27NO3Si. The van der Waals surface area contributed by atoms with E-state index in [1.165, 1.54) is 6.92 Å². The fraction of sp³-hybridized carbons (Fsp3) is 0.556. The highest BCUT2D eigenvalue weighted by Crippen LogP contribution is 2.36. The lowest BCUT2D eigenvalue weighted by Crippen LogP contribution is -2.40. The van der Waals surface area contributed by atoms with Gasteiger partial charge in [0.05, 0.1) is 5.69 Å². The van der Waals surface area contributed by atoms with Gasteiger partial charge in [-0.1, -0.05) is 38.7 Å². The van der Waals surface area contributed by atoms with E-state index in [9.17, 15) is 4.79 Å². The Kier molecular flexibility index (Phi) is 6.98. The fourth-order valence-corrected chi connectivity index (χ4v) is 2.64. The van der Waals surface area contributed by atoms with Crippen molar-refractivity contribution in [1.82, 2.24) is 4.98 Å². The van der Waals surface area contributed by atoms with Crippen molar-refractivity contribution < 1.29 is 14.0 Å². The highest BCUT2D eigenvalue weighted by atomic mass is 28.4. The zero-order valence-electron chi connectivity index (χ0n) is 15.0. The number of hydrogen-bond donors (Lipinski definition) is 0. The van der Waals surface area contributed by atoms with Gasteiger partial charge in [0.15, 0.2) is 8.32 Å². The molecule has 0 amide bonds. The molecule has 0 saturated heterocycles. The number of carbonyl (C=O) groups excluding carboxylic acids is 1. The molecule has 1 aromatic rings. The first-order chi connectivity index (χ1) is 10.6. The monoisotopic (exact) mass is 333 g/mol. The van der Waals surface area contributed by atoms with Crippen LogP contribution in [0.25, 0.3) is 0 Å². The van der Waals surface area contributed by atoms with E-state index in [2.05, 4.69) is 50.7 Å². The first-order valence-electron chi connectivity index (χ1n) is 7.84. The van der Waals surface area contributed by atoms with Gasteiger partial charge in [0.25, 0.3) is 0 Å². The van der Waals surface area contributed by atoms with Crippen LogP contribution in [0, 0.1) is 11.8 Å². The van der Waals surface area contributed by atoms with Crippen molar-refractivity contribution in [2.24, 2.45) is 0 Å². The number of esters is 1. The number of pyridine rings is 1. The summed E-state index contributed by atoms with van der Waals surface area (Å²) < 4.78 is 11.3. The second-order valence-electron chi connectivity index (χ2n) is 6.92. The van der Waals surface area contributed by atoms with E-state index in [4.69, 9.17) is 9.16 Å². The molecule has 126 valence electrons. The van der Waals surface area contributed by atoms with Gasteiger partial charge in [-0.2, -0.15) is 0 Å². The Hall–Kier alpha value is -1.64. The van der Waals surface area contributed by atoms with Crippen LogP contribution in [0.3, 0.4) is 0 Å². The quantitative estimate of drug-likeness (QED) is 0.352. The summed E-state index contributed by atoms with van der Waals surface area (Å²) in [6, 6.07) is 5.46. The minimum Gasteiger partial charge on any atom is -0.443 e. The zero-order chi connectivity index (χ0) is 17.5. The predicted octanol–water partition coefficient (Wildman–Crippen LogP) is 4.10. The lowest BCUT2D eigenvalue weighted by molar-refractivity contribution is -0.144. The van der Waals surface area contributed by atoms with Gasteiger partial charge in [-0.25, -0.2) is 0 Å². The summed E-state index contributed by atoms with van der Waals surface area (Å²) in [5, 5.41) is 0.189. The SMILES string of the molecule is CC(=O)OC(C#CCCO[Si](C)(C)C(C)(C)C)c1ccccn1. The van der Waals surface area contributed by atoms with Crippen molar-refractivity contribution in [1.29, 1.82) is 0 Å². The number of aromatic nitrogens is 1. The van der Waals surface area contributed by atoms with Gasteiger partial charge in [-0.05, 0) is 30.3 Å². The standard InChI is InChI=1S/C18H27NO3Si/c1-15(20)22-17(16-11-7-9-13-19-16)12-8-10-14-21-23(5,6)18(2,3)4/h7,9,11,13,17H,10,14H2,1-6H3. The molecule has 0 aromatic carbocycles. The van der Waals surface area contributed by atoms with Gasteiger partial charge in [-0.3, -0.25) is 9.78 Å². The summed E-state index contributed by atoms with van der Waals surface area (Å²) >= 11 is 0. The topological polar surface area (TPSA) is 48.4 Å². The van der Waals surface area contributed by atoms with Crippen molar-refractivity contribution in [3.05, 3.63) is 30.1 Å². The van der Waals surface area contributed by atoms with E-state index in [1.807, 2.05) is 12.1 Å². The molecule has 1 unspecified atom stereocenters. The maximum Gasteiger partial charge on any atom is 0.304 e. The zero-order valence-corrected chi connectivity index (χ0v) is 16.0.